The fourth-order valence-electron chi connectivity index (χ4n) is 2.33. The summed E-state index contributed by atoms with van der Waals surface area (Å²) < 4.78 is 1.73. The van der Waals surface area contributed by atoms with Crippen molar-refractivity contribution < 1.29 is 0 Å². The molecule has 0 aliphatic carbocycles. The van der Waals surface area contributed by atoms with Crippen LogP contribution >= 0.6 is 23.6 Å². The molecule has 7 heteroatoms. The van der Waals surface area contributed by atoms with E-state index in [-0.39, 0.29) is 12.1 Å². The molecule has 3 rings (SSSR count). The molecule has 3 N–H and O–H groups in total. The number of aryl methyl sites for hydroxylation is 2. The molecule has 3 aromatic heterocycles. The molecule has 0 amide bonds. The molecule has 0 fully saturated rings. The molecule has 0 bridgehead atoms. The SMILES string of the molecule is Cc1ccnc(-n2c(=S)[nH]c3sc(C)c(C#CCN)c3c2=O)c1. The first-order chi connectivity index (χ1) is 11.0. The van der Waals surface area contributed by atoms with Gasteiger partial charge in [0.25, 0.3) is 5.56 Å². The first-order valence-electron chi connectivity index (χ1n) is 6.93. The van der Waals surface area contributed by atoms with E-state index in [1.165, 1.54) is 15.9 Å². The molecule has 0 radical (unpaired) electrons. The average Bonchev–Trinajstić information content (AvgIpc) is 2.80. The van der Waals surface area contributed by atoms with Crippen LogP contribution in [0.15, 0.2) is 23.1 Å². The second-order valence-corrected chi connectivity index (χ2v) is 6.62. The standard InChI is InChI=1S/C16H14N4OS2/c1-9-5-7-18-12(8-9)20-15(21)13-11(4-3-6-17)10(2)23-14(13)19-16(20)22/h5,7-8H,6,17H2,1-2H3,(H,19,22). The van der Waals surface area contributed by atoms with Crippen LogP contribution in [0.25, 0.3) is 16.0 Å². The fraction of sp³-hybridized carbons (Fsp3) is 0.188. The summed E-state index contributed by atoms with van der Waals surface area (Å²) in [6.45, 7) is 4.11. The molecule has 0 saturated carbocycles. The smallest absolute Gasteiger partial charge is 0.270 e. The summed E-state index contributed by atoms with van der Waals surface area (Å²) in [5.41, 5.74) is 6.94. The summed E-state index contributed by atoms with van der Waals surface area (Å²) in [5, 5.41) is 0.533. The van der Waals surface area contributed by atoms with Gasteiger partial charge in [-0.25, -0.2) is 9.55 Å². The number of hydrogen-bond acceptors (Lipinski definition) is 5. The van der Waals surface area contributed by atoms with E-state index in [9.17, 15) is 4.79 Å². The normalized spacial score (nSPS) is 10.6. The molecule has 23 heavy (non-hydrogen) atoms. The Bertz CT molecular complexity index is 1080. The lowest BCUT2D eigenvalue weighted by Crippen LogP contribution is -2.21. The number of nitrogens with two attached hydrogens (primary N) is 1. The second kappa shape index (κ2) is 6.08. The number of aromatic amines is 1. The zero-order valence-electron chi connectivity index (χ0n) is 12.6. The van der Waals surface area contributed by atoms with Crippen LogP contribution in [0.5, 0.6) is 0 Å². The van der Waals surface area contributed by atoms with E-state index in [0.29, 0.717) is 21.5 Å². The molecule has 0 aromatic carbocycles. The highest BCUT2D eigenvalue weighted by atomic mass is 32.1. The highest BCUT2D eigenvalue weighted by Crippen LogP contribution is 2.26. The Morgan fingerprint density at radius 3 is 2.96 bits per heavy atom. The quantitative estimate of drug-likeness (QED) is 0.526. The number of H-pyrrole nitrogens is 1. The third-order valence-electron chi connectivity index (χ3n) is 3.37. The van der Waals surface area contributed by atoms with Crippen molar-refractivity contribution in [2.75, 3.05) is 6.54 Å². The van der Waals surface area contributed by atoms with Crippen LogP contribution in [0.1, 0.15) is 16.0 Å². The molecule has 116 valence electrons. The fourth-order valence-corrected chi connectivity index (χ4v) is 3.68. The van der Waals surface area contributed by atoms with Gasteiger partial charge in [-0.3, -0.25) is 4.79 Å². The molecule has 0 unspecified atom stereocenters. The van der Waals surface area contributed by atoms with Crippen LogP contribution in [0.3, 0.4) is 0 Å². The van der Waals surface area contributed by atoms with Crippen molar-refractivity contribution in [3.63, 3.8) is 0 Å². The number of nitrogens with one attached hydrogen (secondary N) is 1. The first-order valence-corrected chi connectivity index (χ1v) is 8.16. The minimum Gasteiger partial charge on any atom is -0.323 e. The number of aromatic nitrogens is 3. The Labute approximate surface area is 141 Å². The van der Waals surface area contributed by atoms with Gasteiger partial charge in [-0.2, -0.15) is 0 Å². The summed E-state index contributed by atoms with van der Waals surface area (Å²) in [7, 11) is 0. The van der Waals surface area contributed by atoms with E-state index < -0.39 is 0 Å². The highest BCUT2D eigenvalue weighted by molar-refractivity contribution is 7.71. The molecule has 0 aliphatic heterocycles. The van der Waals surface area contributed by atoms with Crippen molar-refractivity contribution in [3.8, 4) is 17.7 Å². The van der Waals surface area contributed by atoms with E-state index in [2.05, 4.69) is 21.8 Å². The predicted molar refractivity (Wildman–Crippen MR) is 95.8 cm³/mol. The van der Waals surface area contributed by atoms with Crippen molar-refractivity contribution in [2.24, 2.45) is 5.73 Å². The number of rotatable bonds is 1. The molecule has 3 heterocycles. The molecule has 3 aromatic rings. The van der Waals surface area contributed by atoms with E-state index in [1.54, 1.807) is 6.20 Å². The number of nitrogens with zero attached hydrogens (tertiary/aromatic N) is 2. The Morgan fingerprint density at radius 2 is 2.26 bits per heavy atom. The van der Waals surface area contributed by atoms with Crippen LogP contribution in [-0.2, 0) is 0 Å². The molecule has 0 atom stereocenters. The monoisotopic (exact) mass is 342 g/mol. The summed E-state index contributed by atoms with van der Waals surface area (Å²) in [5.74, 6) is 6.31. The van der Waals surface area contributed by atoms with Gasteiger partial charge in [-0.1, -0.05) is 11.8 Å². The average molecular weight is 342 g/mol. The second-order valence-electron chi connectivity index (χ2n) is 5.01. The zero-order valence-corrected chi connectivity index (χ0v) is 14.3. The van der Waals surface area contributed by atoms with Gasteiger partial charge in [0, 0.05) is 11.1 Å². The van der Waals surface area contributed by atoms with E-state index >= 15 is 0 Å². The summed E-state index contributed by atoms with van der Waals surface area (Å²) in [6.07, 6.45) is 1.66. The Balaban J connectivity index is 2.41. The van der Waals surface area contributed by atoms with Crippen LogP contribution in [0.4, 0.5) is 0 Å². The maximum Gasteiger partial charge on any atom is 0.270 e. The number of pyridine rings is 1. The predicted octanol–water partition coefficient (Wildman–Crippen LogP) is 2.43. The van der Waals surface area contributed by atoms with Crippen LogP contribution in [-0.4, -0.2) is 21.1 Å². The van der Waals surface area contributed by atoms with E-state index in [4.69, 9.17) is 18.0 Å². The molecular formula is C16H14N4OS2. The minimum absolute atomic E-state index is 0.215. The zero-order chi connectivity index (χ0) is 16.6. The number of thiophene rings is 1. The van der Waals surface area contributed by atoms with Crippen LogP contribution in [0, 0.1) is 30.5 Å². The van der Waals surface area contributed by atoms with Gasteiger partial charge < -0.3 is 10.7 Å². The lowest BCUT2D eigenvalue weighted by molar-refractivity contribution is 0.900. The van der Waals surface area contributed by atoms with Crippen molar-refractivity contribution >= 4 is 33.8 Å². The van der Waals surface area contributed by atoms with Crippen molar-refractivity contribution in [1.29, 1.82) is 0 Å². The van der Waals surface area contributed by atoms with E-state index in [0.717, 1.165) is 15.3 Å². The van der Waals surface area contributed by atoms with Crippen molar-refractivity contribution in [1.82, 2.24) is 14.5 Å². The van der Waals surface area contributed by atoms with Gasteiger partial charge in [0.05, 0.1) is 17.5 Å². The third kappa shape index (κ3) is 2.72. The minimum atomic E-state index is -0.215. The molecule has 0 aliphatic rings. The third-order valence-corrected chi connectivity index (χ3v) is 4.68. The van der Waals surface area contributed by atoms with E-state index in [1.807, 2.05) is 26.0 Å². The summed E-state index contributed by atoms with van der Waals surface area (Å²) in [6, 6.07) is 3.69. The largest absolute Gasteiger partial charge is 0.323 e. The maximum absolute atomic E-state index is 13.0. The van der Waals surface area contributed by atoms with Gasteiger partial charge in [0.1, 0.15) is 10.6 Å². The molecule has 5 nitrogen and oxygen atoms in total. The Hall–Kier alpha value is -2.27. The van der Waals surface area contributed by atoms with Gasteiger partial charge in [-0.05, 0) is 43.8 Å². The number of hydrogen-bond donors (Lipinski definition) is 2. The highest BCUT2D eigenvalue weighted by Gasteiger charge is 2.16. The lowest BCUT2D eigenvalue weighted by atomic mass is 10.2. The van der Waals surface area contributed by atoms with Crippen LogP contribution < -0.4 is 11.3 Å². The summed E-state index contributed by atoms with van der Waals surface area (Å²) in [4.78, 5) is 22.1. The number of fused-ring (bicyclic) bond motifs is 1. The van der Waals surface area contributed by atoms with Gasteiger partial charge in [-0.15, -0.1) is 11.3 Å². The molecular weight excluding hydrogens is 328 g/mol. The molecule has 0 spiro atoms. The van der Waals surface area contributed by atoms with Gasteiger partial charge in [0.2, 0.25) is 0 Å². The van der Waals surface area contributed by atoms with Gasteiger partial charge >= 0.3 is 0 Å². The lowest BCUT2D eigenvalue weighted by Gasteiger charge is -2.06. The Morgan fingerprint density at radius 1 is 1.48 bits per heavy atom. The summed E-state index contributed by atoms with van der Waals surface area (Å²) >= 11 is 6.82. The van der Waals surface area contributed by atoms with Crippen LogP contribution in [0.2, 0.25) is 0 Å². The van der Waals surface area contributed by atoms with Crippen molar-refractivity contribution in [3.05, 3.63) is 49.5 Å². The Kier molecular flexibility index (Phi) is 4.13. The van der Waals surface area contributed by atoms with Crippen molar-refractivity contribution in [2.45, 2.75) is 13.8 Å². The molecule has 0 saturated heterocycles. The topological polar surface area (TPSA) is 76.7 Å². The first kappa shape index (κ1) is 15.6. The maximum atomic E-state index is 13.0. The van der Waals surface area contributed by atoms with Gasteiger partial charge in [0.15, 0.2) is 4.77 Å².